The van der Waals surface area contributed by atoms with E-state index in [0.29, 0.717) is 6.42 Å². The summed E-state index contributed by atoms with van der Waals surface area (Å²) in [5.41, 5.74) is 0. The zero-order valence-electron chi connectivity index (χ0n) is 31.5. The first kappa shape index (κ1) is 46.0. The van der Waals surface area contributed by atoms with Gasteiger partial charge in [-0.05, 0) is 25.2 Å². The van der Waals surface area contributed by atoms with Crippen molar-refractivity contribution >= 4 is 5.91 Å². The molecule has 4 atom stereocenters. The Morgan fingerprint density at radius 1 is 0.574 bits per heavy atom. The van der Waals surface area contributed by atoms with Gasteiger partial charge in [0.15, 0.2) is 0 Å². The largest absolute Gasteiger partial charge is 0.394 e. The molecule has 0 heterocycles. The minimum atomic E-state index is -1.27. The van der Waals surface area contributed by atoms with Crippen LogP contribution in [-0.4, -0.2) is 57.3 Å². The molecule has 0 aromatic heterocycles. The maximum Gasteiger partial charge on any atom is 0.249 e. The van der Waals surface area contributed by atoms with Gasteiger partial charge >= 0.3 is 0 Å². The lowest BCUT2D eigenvalue weighted by atomic mass is 9.99. The Bertz CT molecular complexity index is 685. The zero-order chi connectivity index (χ0) is 34.8. The third-order valence-electron chi connectivity index (χ3n) is 9.67. The number of aliphatic hydroxyl groups excluding tert-OH is 4. The fourth-order valence-corrected chi connectivity index (χ4v) is 6.36. The second kappa shape index (κ2) is 34.9. The van der Waals surface area contributed by atoms with Crippen LogP contribution in [0.4, 0.5) is 0 Å². The van der Waals surface area contributed by atoms with E-state index in [1.807, 2.05) is 12.2 Å². The van der Waals surface area contributed by atoms with Gasteiger partial charge in [-0.2, -0.15) is 0 Å². The quantitative estimate of drug-likeness (QED) is 0.0337. The first-order chi connectivity index (χ1) is 22.8. The molecule has 280 valence electrons. The molecule has 0 radical (unpaired) electrons. The second-order valence-corrected chi connectivity index (χ2v) is 14.8. The van der Waals surface area contributed by atoms with Crippen LogP contribution in [0.15, 0.2) is 12.2 Å². The van der Waals surface area contributed by atoms with Crippen molar-refractivity contribution in [2.75, 3.05) is 6.61 Å². The van der Waals surface area contributed by atoms with Crippen molar-refractivity contribution in [3.05, 3.63) is 12.2 Å². The number of hydrogen-bond donors (Lipinski definition) is 5. The van der Waals surface area contributed by atoms with Crippen LogP contribution >= 0.6 is 0 Å². The van der Waals surface area contributed by atoms with Crippen molar-refractivity contribution in [3.63, 3.8) is 0 Å². The summed E-state index contributed by atoms with van der Waals surface area (Å²) in [6.07, 6.45) is 35.4. The van der Waals surface area contributed by atoms with Crippen LogP contribution in [0.25, 0.3) is 0 Å². The van der Waals surface area contributed by atoms with Crippen molar-refractivity contribution in [3.8, 4) is 0 Å². The molecule has 0 aliphatic carbocycles. The molecule has 0 aromatic rings. The molecule has 47 heavy (non-hydrogen) atoms. The van der Waals surface area contributed by atoms with Gasteiger partial charge in [0.25, 0.3) is 0 Å². The van der Waals surface area contributed by atoms with E-state index in [4.69, 9.17) is 0 Å². The van der Waals surface area contributed by atoms with Gasteiger partial charge in [-0.15, -0.1) is 0 Å². The number of amides is 1. The SMILES string of the molecule is CCCCCCCCCCCCCCCCC/C=C/C[C@@H](O)C(=O)N[C@@H](CO)[C@H](O)[C@H](O)CCCCCCCCCCCCC(C)C. The van der Waals surface area contributed by atoms with Gasteiger partial charge in [-0.1, -0.05) is 193 Å². The summed E-state index contributed by atoms with van der Waals surface area (Å²) in [5.74, 6) is 0.179. The summed E-state index contributed by atoms with van der Waals surface area (Å²) in [7, 11) is 0. The summed E-state index contributed by atoms with van der Waals surface area (Å²) in [5, 5.41) is 43.5. The van der Waals surface area contributed by atoms with Crippen molar-refractivity contribution in [1.29, 1.82) is 0 Å². The highest BCUT2D eigenvalue weighted by atomic mass is 16.3. The average molecular weight is 668 g/mol. The molecule has 0 saturated heterocycles. The Morgan fingerprint density at radius 2 is 0.979 bits per heavy atom. The maximum atomic E-state index is 12.4. The second-order valence-electron chi connectivity index (χ2n) is 14.8. The average Bonchev–Trinajstić information content (AvgIpc) is 3.06. The number of carbonyl (C=O) groups is 1. The smallest absolute Gasteiger partial charge is 0.249 e. The number of rotatable bonds is 36. The lowest BCUT2D eigenvalue weighted by molar-refractivity contribution is -0.132. The monoisotopic (exact) mass is 668 g/mol. The number of aliphatic hydroxyl groups is 4. The third-order valence-corrected chi connectivity index (χ3v) is 9.67. The van der Waals surface area contributed by atoms with E-state index >= 15 is 0 Å². The Labute approximate surface area is 292 Å². The summed E-state index contributed by atoms with van der Waals surface area (Å²) < 4.78 is 0. The summed E-state index contributed by atoms with van der Waals surface area (Å²) in [6, 6.07) is -1.00. The molecule has 0 bridgehead atoms. The molecule has 6 nitrogen and oxygen atoms in total. The number of hydrogen-bond acceptors (Lipinski definition) is 5. The number of unbranched alkanes of at least 4 members (excludes halogenated alkanes) is 24. The lowest BCUT2D eigenvalue weighted by Gasteiger charge is -2.27. The zero-order valence-corrected chi connectivity index (χ0v) is 31.5. The predicted molar refractivity (Wildman–Crippen MR) is 201 cm³/mol. The van der Waals surface area contributed by atoms with Crippen molar-refractivity contribution in [1.82, 2.24) is 5.32 Å². The van der Waals surface area contributed by atoms with Gasteiger partial charge in [0.05, 0.1) is 18.8 Å². The van der Waals surface area contributed by atoms with E-state index in [-0.39, 0.29) is 6.42 Å². The molecule has 0 spiro atoms. The van der Waals surface area contributed by atoms with Crippen LogP contribution < -0.4 is 5.32 Å². The Balaban J connectivity index is 3.80. The van der Waals surface area contributed by atoms with Gasteiger partial charge in [-0.25, -0.2) is 0 Å². The van der Waals surface area contributed by atoms with Crippen LogP contribution in [0.1, 0.15) is 207 Å². The number of allylic oxidation sites excluding steroid dienone is 1. The number of carbonyl (C=O) groups excluding carboxylic acids is 1. The first-order valence-electron chi connectivity index (χ1n) is 20.4. The Hall–Kier alpha value is -0.950. The third kappa shape index (κ3) is 30.8. The normalized spacial score (nSPS) is 14.6. The van der Waals surface area contributed by atoms with Crippen LogP contribution in [-0.2, 0) is 4.79 Å². The van der Waals surface area contributed by atoms with E-state index in [2.05, 4.69) is 26.1 Å². The highest BCUT2D eigenvalue weighted by Crippen LogP contribution is 2.16. The van der Waals surface area contributed by atoms with Gasteiger partial charge in [0.2, 0.25) is 5.91 Å². The van der Waals surface area contributed by atoms with Crippen molar-refractivity contribution < 1.29 is 25.2 Å². The van der Waals surface area contributed by atoms with E-state index in [9.17, 15) is 25.2 Å². The fraction of sp³-hybridized carbons (Fsp3) is 0.927. The molecule has 0 aromatic carbocycles. The Morgan fingerprint density at radius 3 is 1.40 bits per heavy atom. The van der Waals surface area contributed by atoms with Crippen LogP contribution in [0.5, 0.6) is 0 Å². The minimum absolute atomic E-state index is 0.194. The molecule has 1 amide bonds. The molecule has 6 heteroatoms. The van der Waals surface area contributed by atoms with E-state index in [1.165, 1.54) is 141 Å². The molecule has 0 fully saturated rings. The molecule has 5 N–H and O–H groups in total. The summed E-state index contributed by atoms with van der Waals surface area (Å²) in [6.45, 7) is 6.35. The van der Waals surface area contributed by atoms with Crippen molar-refractivity contribution in [2.24, 2.45) is 5.92 Å². The molecule has 0 rings (SSSR count). The summed E-state index contributed by atoms with van der Waals surface area (Å²) >= 11 is 0. The highest BCUT2D eigenvalue weighted by molar-refractivity contribution is 5.81. The molecular weight excluding hydrogens is 586 g/mol. The van der Waals surface area contributed by atoms with Gasteiger partial charge in [0, 0.05) is 6.42 Å². The highest BCUT2D eigenvalue weighted by Gasteiger charge is 2.28. The van der Waals surface area contributed by atoms with E-state index in [0.717, 1.165) is 38.0 Å². The van der Waals surface area contributed by atoms with Gasteiger partial charge in [0.1, 0.15) is 12.2 Å². The number of nitrogens with one attached hydrogen (secondary N) is 1. The molecule has 0 unspecified atom stereocenters. The molecule has 0 aliphatic heterocycles. The molecule has 0 saturated carbocycles. The fourth-order valence-electron chi connectivity index (χ4n) is 6.36. The first-order valence-corrected chi connectivity index (χ1v) is 20.4. The lowest BCUT2D eigenvalue weighted by Crippen LogP contribution is -2.53. The van der Waals surface area contributed by atoms with Crippen LogP contribution in [0.3, 0.4) is 0 Å². The molecule has 0 aliphatic rings. The molecular formula is C41H81NO5. The summed E-state index contributed by atoms with van der Waals surface area (Å²) in [4.78, 5) is 12.4. The Kier molecular flexibility index (Phi) is 34.2. The predicted octanol–water partition coefficient (Wildman–Crippen LogP) is 10.1. The minimum Gasteiger partial charge on any atom is -0.394 e. The van der Waals surface area contributed by atoms with E-state index < -0.39 is 36.9 Å². The van der Waals surface area contributed by atoms with E-state index in [1.54, 1.807) is 0 Å². The van der Waals surface area contributed by atoms with Crippen LogP contribution in [0.2, 0.25) is 0 Å². The van der Waals surface area contributed by atoms with Gasteiger partial charge in [-0.3, -0.25) is 4.79 Å². The topological polar surface area (TPSA) is 110 Å². The van der Waals surface area contributed by atoms with Gasteiger partial charge < -0.3 is 25.7 Å². The van der Waals surface area contributed by atoms with Crippen molar-refractivity contribution in [2.45, 2.75) is 231 Å². The maximum absolute atomic E-state index is 12.4. The van der Waals surface area contributed by atoms with Crippen LogP contribution in [0, 0.1) is 5.92 Å². The standard InChI is InChI=1S/C41H81NO5/c1-4-5-6-7-8-9-10-11-12-13-14-15-16-17-22-25-28-31-34-39(45)41(47)42-37(35-43)40(46)38(44)33-30-27-24-21-19-18-20-23-26-29-32-36(2)3/h28,31,36-40,43-46H,4-27,29-30,32-35H2,1-3H3,(H,42,47)/b31-28+/t37-,38+,39+,40-/m0/s1.